The number of anilines is 1. The van der Waals surface area contributed by atoms with Crippen molar-refractivity contribution < 1.29 is 14.3 Å². The minimum Gasteiger partial charge on any atom is -0.529 e. The number of carbonyl (C=O) groups is 1. The van der Waals surface area contributed by atoms with Gasteiger partial charge < -0.3 is 9.90 Å². The standard InChI is InChI=1S/C11H9FN4O2/c12-8-3-1-7(2-4-8)9-5-6-10(14-13-9)15-16-11(17)18/h1-6,16H,(H,14,15)(H,17,18)/p-1. The van der Waals surface area contributed by atoms with Gasteiger partial charge in [0.25, 0.3) is 0 Å². The Balaban J connectivity index is 2.12. The van der Waals surface area contributed by atoms with E-state index in [-0.39, 0.29) is 11.6 Å². The van der Waals surface area contributed by atoms with Gasteiger partial charge in [-0.05, 0) is 36.4 Å². The second-order valence-electron chi connectivity index (χ2n) is 3.35. The van der Waals surface area contributed by atoms with Gasteiger partial charge in [-0.1, -0.05) is 0 Å². The molecule has 0 saturated heterocycles. The predicted molar refractivity (Wildman–Crippen MR) is 59.6 cm³/mol. The largest absolute Gasteiger partial charge is 0.529 e. The summed E-state index contributed by atoms with van der Waals surface area (Å²) in [7, 11) is 0. The molecular weight excluding hydrogens is 239 g/mol. The molecule has 1 aromatic heterocycles. The van der Waals surface area contributed by atoms with Crippen LogP contribution in [0.2, 0.25) is 0 Å². The van der Waals surface area contributed by atoms with E-state index in [0.717, 1.165) is 0 Å². The number of nitrogens with zero attached hydrogens (tertiary/aromatic N) is 2. The van der Waals surface area contributed by atoms with E-state index in [4.69, 9.17) is 0 Å². The van der Waals surface area contributed by atoms with Crippen LogP contribution in [0, 0.1) is 5.82 Å². The van der Waals surface area contributed by atoms with Gasteiger partial charge in [0.1, 0.15) is 5.82 Å². The molecule has 0 aliphatic carbocycles. The lowest BCUT2D eigenvalue weighted by Gasteiger charge is -2.08. The lowest BCUT2D eigenvalue weighted by Crippen LogP contribution is -2.40. The van der Waals surface area contributed by atoms with Crippen molar-refractivity contribution in [1.29, 1.82) is 0 Å². The number of carbonyl (C=O) groups excluding carboxylic acids is 1. The number of nitrogens with one attached hydrogen (secondary N) is 2. The number of hydrogen-bond donors (Lipinski definition) is 2. The zero-order chi connectivity index (χ0) is 13.0. The fraction of sp³-hybridized carbons (Fsp3) is 0. The molecule has 0 fully saturated rings. The molecule has 0 atom stereocenters. The Morgan fingerprint density at radius 3 is 2.39 bits per heavy atom. The Morgan fingerprint density at radius 1 is 1.11 bits per heavy atom. The molecule has 0 radical (unpaired) electrons. The van der Waals surface area contributed by atoms with Crippen LogP contribution in [-0.4, -0.2) is 16.3 Å². The summed E-state index contributed by atoms with van der Waals surface area (Å²) in [6, 6.07) is 8.94. The number of benzene rings is 1. The molecule has 0 bridgehead atoms. The van der Waals surface area contributed by atoms with Gasteiger partial charge in [-0.3, -0.25) is 10.9 Å². The Hall–Kier alpha value is -2.70. The highest BCUT2D eigenvalue weighted by atomic mass is 19.1. The second kappa shape index (κ2) is 5.09. The van der Waals surface area contributed by atoms with Crippen molar-refractivity contribution in [3.05, 3.63) is 42.2 Å². The highest BCUT2D eigenvalue weighted by Crippen LogP contribution is 2.17. The molecular formula is C11H8FN4O2-. The van der Waals surface area contributed by atoms with Crippen molar-refractivity contribution in [2.24, 2.45) is 0 Å². The number of hydrogen-bond acceptors (Lipinski definition) is 5. The van der Waals surface area contributed by atoms with Gasteiger partial charge in [-0.25, -0.2) is 4.39 Å². The zero-order valence-electron chi connectivity index (χ0n) is 9.05. The molecule has 1 aromatic carbocycles. The molecule has 2 aromatic rings. The molecule has 0 saturated carbocycles. The van der Waals surface area contributed by atoms with Crippen LogP contribution in [0.25, 0.3) is 11.3 Å². The molecule has 7 heteroatoms. The first kappa shape index (κ1) is 11.8. The Kier molecular flexibility index (Phi) is 3.33. The SMILES string of the molecule is O=C([O-])NNc1ccc(-c2ccc(F)cc2)nn1. The van der Waals surface area contributed by atoms with Crippen LogP contribution in [0.15, 0.2) is 36.4 Å². The van der Waals surface area contributed by atoms with Crippen LogP contribution in [0.5, 0.6) is 0 Å². The van der Waals surface area contributed by atoms with Gasteiger partial charge in [0, 0.05) is 5.56 Å². The molecule has 92 valence electrons. The van der Waals surface area contributed by atoms with Crippen molar-refractivity contribution in [2.75, 3.05) is 5.43 Å². The molecule has 1 heterocycles. The first-order valence-electron chi connectivity index (χ1n) is 4.98. The molecule has 0 aliphatic heterocycles. The monoisotopic (exact) mass is 247 g/mol. The summed E-state index contributed by atoms with van der Waals surface area (Å²) in [5, 5.41) is 17.7. The fourth-order valence-electron chi connectivity index (χ4n) is 1.29. The maximum Gasteiger partial charge on any atom is 0.167 e. The molecule has 1 amide bonds. The highest BCUT2D eigenvalue weighted by molar-refractivity contribution is 5.64. The lowest BCUT2D eigenvalue weighted by atomic mass is 10.1. The average molecular weight is 247 g/mol. The van der Waals surface area contributed by atoms with Gasteiger partial charge in [-0.15, -0.1) is 10.2 Å². The Labute approximate surface area is 101 Å². The number of halogens is 1. The maximum absolute atomic E-state index is 12.7. The number of rotatable bonds is 3. The summed E-state index contributed by atoms with van der Waals surface area (Å²) in [4.78, 5) is 10.1. The molecule has 2 rings (SSSR count). The van der Waals surface area contributed by atoms with E-state index in [2.05, 4.69) is 15.6 Å². The van der Waals surface area contributed by atoms with E-state index >= 15 is 0 Å². The third-order valence-electron chi connectivity index (χ3n) is 2.10. The predicted octanol–water partition coefficient (Wildman–Crippen LogP) is 0.542. The van der Waals surface area contributed by atoms with Crippen LogP contribution in [0.3, 0.4) is 0 Å². The van der Waals surface area contributed by atoms with E-state index in [1.54, 1.807) is 18.2 Å². The van der Waals surface area contributed by atoms with E-state index in [1.165, 1.54) is 18.2 Å². The summed E-state index contributed by atoms with van der Waals surface area (Å²) in [5.74, 6) is -0.104. The summed E-state index contributed by atoms with van der Waals surface area (Å²) < 4.78 is 12.7. The number of amides is 1. The second-order valence-corrected chi connectivity index (χ2v) is 3.35. The minimum atomic E-state index is -1.47. The van der Waals surface area contributed by atoms with E-state index in [9.17, 15) is 14.3 Å². The van der Waals surface area contributed by atoms with Crippen LogP contribution in [-0.2, 0) is 0 Å². The molecule has 18 heavy (non-hydrogen) atoms. The van der Waals surface area contributed by atoms with Crippen molar-refractivity contribution in [2.45, 2.75) is 0 Å². The van der Waals surface area contributed by atoms with Crippen LogP contribution in [0.4, 0.5) is 15.0 Å². The summed E-state index contributed by atoms with van der Waals surface area (Å²) in [5.41, 5.74) is 5.38. The van der Waals surface area contributed by atoms with Crippen LogP contribution in [0.1, 0.15) is 0 Å². The molecule has 0 aliphatic rings. The Morgan fingerprint density at radius 2 is 1.83 bits per heavy atom. The normalized spacial score (nSPS) is 9.83. The van der Waals surface area contributed by atoms with Gasteiger partial charge in [0.05, 0.1) is 5.69 Å². The van der Waals surface area contributed by atoms with Crippen LogP contribution >= 0.6 is 0 Å². The number of aromatic nitrogens is 2. The van der Waals surface area contributed by atoms with E-state index in [0.29, 0.717) is 11.3 Å². The molecule has 0 spiro atoms. The third-order valence-corrected chi connectivity index (χ3v) is 2.10. The zero-order valence-corrected chi connectivity index (χ0v) is 9.05. The smallest absolute Gasteiger partial charge is 0.167 e. The maximum atomic E-state index is 12.7. The van der Waals surface area contributed by atoms with Gasteiger partial charge in [-0.2, -0.15) is 0 Å². The quantitative estimate of drug-likeness (QED) is 0.773. The minimum absolute atomic E-state index is 0.227. The molecule has 0 unspecified atom stereocenters. The van der Waals surface area contributed by atoms with Crippen molar-refractivity contribution >= 4 is 11.9 Å². The summed E-state index contributed by atoms with van der Waals surface area (Å²) >= 11 is 0. The van der Waals surface area contributed by atoms with Gasteiger partial charge >= 0.3 is 0 Å². The van der Waals surface area contributed by atoms with Gasteiger partial charge in [0.15, 0.2) is 11.9 Å². The number of hydrazine groups is 1. The lowest BCUT2D eigenvalue weighted by molar-refractivity contribution is -0.250. The summed E-state index contributed by atoms with van der Waals surface area (Å²) in [6.07, 6.45) is -1.47. The highest BCUT2D eigenvalue weighted by Gasteiger charge is 2.01. The van der Waals surface area contributed by atoms with Gasteiger partial charge in [0.2, 0.25) is 0 Å². The Bertz CT molecular complexity index is 542. The molecule has 2 N–H and O–H groups in total. The summed E-state index contributed by atoms with van der Waals surface area (Å²) in [6.45, 7) is 0. The third kappa shape index (κ3) is 2.91. The average Bonchev–Trinajstić information content (AvgIpc) is 2.38. The van der Waals surface area contributed by atoms with E-state index in [1.807, 2.05) is 5.43 Å². The fourth-order valence-corrected chi connectivity index (χ4v) is 1.29. The van der Waals surface area contributed by atoms with Crippen molar-refractivity contribution in [1.82, 2.24) is 15.6 Å². The van der Waals surface area contributed by atoms with Crippen molar-refractivity contribution in [3.8, 4) is 11.3 Å². The topological polar surface area (TPSA) is 90.0 Å². The number of carboxylic acid groups (broad SMARTS) is 1. The van der Waals surface area contributed by atoms with E-state index < -0.39 is 6.09 Å². The first-order valence-corrected chi connectivity index (χ1v) is 4.98. The molecule has 6 nitrogen and oxygen atoms in total. The first-order chi connectivity index (χ1) is 8.65. The van der Waals surface area contributed by atoms with Crippen LogP contribution < -0.4 is 16.0 Å². The van der Waals surface area contributed by atoms with Crippen molar-refractivity contribution in [3.63, 3.8) is 0 Å².